The molecule has 3 heteroatoms. The summed E-state index contributed by atoms with van der Waals surface area (Å²) < 4.78 is 12.5. The van der Waals surface area contributed by atoms with E-state index < -0.39 is 0 Å². The van der Waals surface area contributed by atoms with Gasteiger partial charge in [0.15, 0.2) is 0 Å². The largest absolute Gasteiger partial charge is 0.324 e. The van der Waals surface area contributed by atoms with Crippen LogP contribution >= 0.6 is 12.4 Å². The molecule has 0 amide bonds. The molecule has 0 heterocycles. The molecule has 0 saturated heterocycles. The molecular formula is C10H13ClFN. The lowest BCUT2D eigenvalue weighted by molar-refractivity contribution is 0.613. The van der Waals surface area contributed by atoms with Crippen molar-refractivity contribution in [2.75, 3.05) is 0 Å². The Hall–Kier alpha value is -0.600. The van der Waals surface area contributed by atoms with Crippen LogP contribution in [0.2, 0.25) is 0 Å². The molecular weight excluding hydrogens is 189 g/mol. The number of hydrogen-bond donors (Lipinski definition) is 1. The first-order chi connectivity index (χ1) is 5.77. The van der Waals surface area contributed by atoms with E-state index in [0.29, 0.717) is 5.92 Å². The molecule has 0 spiro atoms. The summed E-state index contributed by atoms with van der Waals surface area (Å²) in [6, 6.07) is 6.61. The fourth-order valence-corrected chi connectivity index (χ4v) is 1.41. The minimum absolute atomic E-state index is 0. The Morgan fingerprint density at radius 1 is 1.23 bits per heavy atom. The zero-order valence-electron chi connectivity index (χ0n) is 7.24. The Morgan fingerprint density at radius 2 is 1.77 bits per heavy atom. The summed E-state index contributed by atoms with van der Waals surface area (Å²) in [6.07, 6.45) is 2.44. The average molecular weight is 202 g/mol. The van der Waals surface area contributed by atoms with Gasteiger partial charge in [0, 0.05) is 6.04 Å². The molecule has 2 rings (SSSR count). The zero-order valence-corrected chi connectivity index (χ0v) is 8.06. The van der Waals surface area contributed by atoms with E-state index in [1.807, 2.05) is 0 Å². The number of nitrogens with two attached hydrogens (primary N) is 1. The van der Waals surface area contributed by atoms with Gasteiger partial charge >= 0.3 is 0 Å². The quantitative estimate of drug-likeness (QED) is 0.782. The average Bonchev–Trinajstić information content (AvgIpc) is 2.87. The van der Waals surface area contributed by atoms with Gasteiger partial charge in [0.2, 0.25) is 0 Å². The lowest BCUT2D eigenvalue weighted by Crippen LogP contribution is -2.11. The highest BCUT2D eigenvalue weighted by molar-refractivity contribution is 5.85. The van der Waals surface area contributed by atoms with Crippen LogP contribution in [0.5, 0.6) is 0 Å². The molecule has 1 fully saturated rings. The van der Waals surface area contributed by atoms with E-state index in [1.54, 1.807) is 12.1 Å². The van der Waals surface area contributed by atoms with Crippen molar-refractivity contribution in [2.24, 2.45) is 11.7 Å². The molecule has 0 aliphatic heterocycles. The van der Waals surface area contributed by atoms with Crippen molar-refractivity contribution in [3.8, 4) is 0 Å². The molecule has 1 aliphatic carbocycles. The van der Waals surface area contributed by atoms with Crippen molar-refractivity contribution < 1.29 is 4.39 Å². The molecule has 2 N–H and O–H groups in total. The van der Waals surface area contributed by atoms with Gasteiger partial charge in [0.1, 0.15) is 5.82 Å². The van der Waals surface area contributed by atoms with Gasteiger partial charge in [-0.25, -0.2) is 4.39 Å². The number of benzene rings is 1. The van der Waals surface area contributed by atoms with Crippen LogP contribution in [0.1, 0.15) is 24.4 Å². The summed E-state index contributed by atoms with van der Waals surface area (Å²) in [5.74, 6) is 0.442. The van der Waals surface area contributed by atoms with Gasteiger partial charge in [0.25, 0.3) is 0 Å². The minimum Gasteiger partial charge on any atom is -0.324 e. The van der Waals surface area contributed by atoms with Crippen molar-refractivity contribution in [1.29, 1.82) is 0 Å². The smallest absolute Gasteiger partial charge is 0.123 e. The van der Waals surface area contributed by atoms with Gasteiger partial charge in [0.05, 0.1) is 0 Å². The van der Waals surface area contributed by atoms with Crippen molar-refractivity contribution >= 4 is 12.4 Å². The maximum Gasteiger partial charge on any atom is 0.123 e. The molecule has 13 heavy (non-hydrogen) atoms. The maximum atomic E-state index is 12.5. The van der Waals surface area contributed by atoms with Gasteiger partial charge in [-0.2, -0.15) is 0 Å². The molecule has 72 valence electrons. The fraction of sp³-hybridized carbons (Fsp3) is 0.400. The Kier molecular flexibility index (Phi) is 3.28. The topological polar surface area (TPSA) is 26.0 Å². The van der Waals surface area contributed by atoms with Gasteiger partial charge in [-0.3, -0.25) is 0 Å². The van der Waals surface area contributed by atoms with Crippen molar-refractivity contribution in [1.82, 2.24) is 0 Å². The van der Waals surface area contributed by atoms with Crippen LogP contribution in [0.3, 0.4) is 0 Å². The molecule has 1 nitrogen and oxygen atoms in total. The lowest BCUT2D eigenvalue weighted by atomic mass is 10.0. The molecule has 0 radical (unpaired) electrons. The van der Waals surface area contributed by atoms with Crippen LogP contribution in [-0.2, 0) is 0 Å². The third kappa shape index (κ3) is 2.42. The van der Waals surface area contributed by atoms with E-state index in [-0.39, 0.29) is 24.3 Å². The van der Waals surface area contributed by atoms with Crippen molar-refractivity contribution in [3.05, 3.63) is 35.6 Å². The predicted octanol–water partition coefficient (Wildman–Crippen LogP) is 2.66. The third-order valence-electron chi connectivity index (χ3n) is 2.38. The van der Waals surface area contributed by atoms with Crippen LogP contribution in [0.4, 0.5) is 4.39 Å². The highest BCUT2D eigenvalue weighted by atomic mass is 35.5. The highest BCUT2D eigenvalue weighted by Crippen LogP contribution is 2.39. The molecule has 1 unspecified atom stereocenters. The molecule has 1 saturated carbocycles. The second-order valence-electron chi connectivity index (χ2n) is 3.41. The van der Waals surface area contributed by atoms with E-state index in [0.717, 1.165) is 5.56 Å². The van der Waals surface area contributed by atoms with E-state index in [2.05, 4.69) is 0 Å². The van der Waals surface area contributed by atoms with Crippen LogP contribution in [0, 0.1) is 11.7 Å². The second-order valence-corrected chi connectivity index (χ2v) is 3.41. The summed E-state index contributed by atoms with van der Waals surface area (Å²) in [7, 11) is 0. The first kappa shape index (κ1) is 10.5. The molecule has 0 bridgehead atoms. The Balaban J connectivity index is 0.000000845. The molecule has 1 aromatic rings. The van der Waals surface area contributed by atoms with Crippen molar-refractivity contribution in [2.45, 2.75) is 18.9 Å². The summed E-state index contributed by atoms with van der Waals surface area (Å²) in [6.45, 7) is 0. The molecule has 0 aromatic heterocycles. The third-order valence-corrected chi connectivity index (χ3v) is 2.38. The van der Waals surface area contributed by atoms with Gasteiger partial charge in [-0.05, 0) is 36.5 Å². The minimum atomic E-state index is -0.193. The van der Waals surface area contributed by atoms with Crippen LogP contribution in [-0.4, -0.2) is 0 Å². The van der Waals surface area contributed by atoms with E-state index in [1.165, 1.54) is 25.0 Å². The SMILES string of the molecule is Cl.NC(c1ccc(F)cc1)C1CC1. The molecule has 1 aliphatic rings. The molecule has 1 aromatic carbocycles. The van der Waals surface area contributed by atoms with E-state index >= 15 is 0 Å². The maximum absolute atomic E-state index is 12.5. The van der Waals surface area contributed by atoms with Gasteiger partial charge in [-0.15, -0.1) is 12.4 Å². The number of hydrogen-bond acceptors (Lipinski definition) is 1. The summed E-state index contributed by atoms with van der Waals surface area (Å²) in [4.78, 5) is 0. The van der Waals surface area contributed by atoms with Crippen LogP contribution < -0.4 is 5.73 Å². The standard InChI is InChI=1S/C10H12FN.ClH/c11-9-5-3-8(4-6-9)10(12)7-1-2-7;/h3-7,10H,1-2,12H2;1H. The molecule has 1 atom stereocenters. The van der Waals surface area contributed by atoms with Gasteiger partial charge < -0.3 is 5.73 Å². The number of rotatable bonds is 2. The van der Waals surface area contributed by atoms with Crippen LogP contribution in [0.15, 0.2) is 24.3 Å². The van der Waals surface area contributed by atoms with Crippen LogP contribution in [0.25, 0.3) is 0 Å². The monoisotopic (exact) mass is 201 g/mol. The fourth-order valence-electron chi connectivity index (χ4n) is 1.41. The lowest BCUT2D eigenvalue weighted by Gasteiger charge is -2.09. The Labute approximate surface area is 83.5 Å². The van der Waals surface area contributed by atoms with E-state index in [4.69, 9.17) is 5.73 Å². The first-order valence-corrected chi connectivity index (χ1v) is 4.28. The Morgan fingerprint density at radius 3 is 2.23 bits per heavy atom. The highest BCUT2D eigenvalue weighted by Gasteiger charge is 2.29. The number of halogens is 2. The predicted molar refractivity (Wildman–Crippen MR) is 53.3 cm³/mol. The normalized spacial score (nSPS) is 17.7. The summed E-state index contributed by atoms with van der Waals surface area (Å²) in [5, 5.41) is 0. The van der Waals surface area contributed by atoms with E-state index in [9.17, 15) is 4.39 Å². The summed E-state index contributed by atoms with van der Waals surface area (Å²) in [5.41, 5.74) is 6.98. The van der Waals surface area contributed by atoms with Crippen molar-refractivity contribution in [3.63, 3.8) is 0 Å². The second kappa shape index (κ2) is 4.07. The Bertz CT molecular complexity index is 269. The summed E-state index contributed by atoms with van der Waals surface area (Å²) >= 11 is 0. The zero-order chi connectivity index (χ0) is 8.55. The van der Waals surface area contributed by atoms with Gasteiger partial charge in [-0.1, -0.05) is 12.1 Å². The first-order valence-electron chi connectivity index (χ1n) is 4.28.